The van der Waals surface area contributed by atoms with Crippen molar-refractivity contribution in [3.63, 3.8) is 0 Å². The normalized spacial score (nSPS) is 35.1. The van der Waals surface area contributed by atoms with E-state index in [9.17, 15) is 9.59 Å². The van der Waals surface area contributed by atoms with Crippen LogP contribution < -0.4 is 5.32 Å². The summed E-state index contributed by atoms with van der Waals surface area (Å²) in [5.41, 5.74) is -0.363. The van der Waals surface area contributed by atoms with E-state index in [1.54, 1.807) is 7.11 Å². The highest BCUT2D eigenvalue weighted by Gasteiger charge is 2.55. The fraction of sp³-hybridized carbons (Fsp3) is 0.846. The predicted molar refractivity (Wildman–Crippen MR) is 64.8 cm³/mol. The van der Waals surface area contributed by atoms with Crippen molar-refractivity contribution in [2.45, 2.75) is 44.2 Å². The first-order valence-electron chi connectivity index (χ1n) is 6.78. The van der Waals surface area contributed by atoms with Crippen molar-refractivity contribution in [3.05, 3.63) is 0 Å². The Morgan fingerprint density at radius 3 is 2.67 bits per heavy atom. The summed E-state index contributed by atoms with van der Waals surface area (Å²) in [6, 6.07) is -0.116. The van der Waals surface area contributed by atoms with Crippen LogP contribution in [0.3, 0.4) is 0 Å². The van der Waals surface area contributed by atoms with E-state index in [2.05, 4.69) is 5.32 Å². The van der Waals surface area contributed by atoms with Crippen molar-refractivity contribution in [1.82, 2.24) is 10.2 Å². The van der Waals surface area contributed by atoms with Gasteiger partial charge in [0.15, 0.2) is 0 Å². The summed E-state index contributed by atoms with van der Waals surface area (Å²) in [5.74, 6) is 0.0541. The number of hydrogen-bond acceptors (Lipinski definition) is 4. The molecule has 1 unspecified atom stereocenters. The highest BCUT2D eigenvalue weighted by Crippen LogP contribution is 2.47. The Morgan fingerprint density at radius 1 is 1.28 bits per heavy atom. The number of imide groups is 1. The number of ether oxygens (including phenoxy) is 1. The van der Waals surface area contributed by atoms with Gasteiger partial charge in [0.05, 0.1) is 17.6 Å². The standard InChI is InChI=1S/C13H20N2O3/c1-18-10-8-14-7-9(10)15-11(16)6-13(12(15)17)4-2-3-5-13/h9-10,14H,2-8H2,1H3/t9?,10-/m0/s1. The van der Waals surface area contributed by atoms with Gasteiger partial charge in [-0.15, -0.1) is 0 Å². The molecule has 1 spiro atoms. The molecule has 3 rings (SSSR count). The molecule has 0 bridgehead atoms. The summed E-state index contributed by atoms with van der Waals surface area (Å²) in [5, 5.41) is 3.20. The third-order valence-corrected chi connectivity index (χ3v) is 4.75. The summed E-state index contributed by atoms with van der Waals surface area (Å²) in [6.45, 7) is 1.37. The molecule has 2 amide bonds. The molecule has 1 saturated carbocycles. The molecule has 5 nitrogen and oxygen atoms in total. The molecule has 2 heterocycles. The molecule has 1 aliphatic carbocycles. The molecule has 18 heavy (non-hydrogen) atoms. The number of carbonyl (C=O) groups is 2. The van der Waals surface area contributed by atoms with E-state index in [0.29, 0.717) is 19.5 Å². The van der Waals surface area contributed by atoms with Crippen LogP contribution in [-0.2, 0) is 14.3 Å². The lowest BCUT2D eigenvalue weighted by molar-refractivity contribution is -0.146. The number of methoxy groups -OCH3 is 1. The molecule has 2 atom stereocenters. The number of carbonyl (C=O) groups excluding carboxylic acids is 2. The summed E-state index contributed by atoms with van der Waals surface area (Å²) in [4.78, 5) is 26.3. The van der Waals surface area contributed by atoms with Gasteiger partial charge in [0, 0.05) is 26.6 Å². The maximum atomic E-state index is 12.6. The van der Waals surface area contributed by atoms with Crippen molar-refractivity contribution in [1.29, 1.82) is 0 Å². The van der Waals surface area contributed by atoms with Crippen LogP contribution in [0.15, 0.2) is 0 Å². The van der Waals surface area contributed by atoms with E-state index < -0.39 is 0 Å². The zero-order chi connectivity index (χ0) is 12.8. The number of rotatable bonds is 2. The van der Waals surface area contributed by atoms with Crippen LogP contribution >= 0.6 is 0 Å². The van der Waals surface area contributed by atoms with Gasteiger partial charge in [-0.25, -0.2) is 0 Å². The minimum atomic E-state index is -0.363. The molecular formula is C13H20N2O3. The number of likely N-dealkylation sites (tertiary alicyclic amines) is 1. The van der Waals surface area contributed by atoms with Crippen molar-refractivity contribution in [2.24, 2.45) is 5.41 Å². The monoisotopic (exact) mass is 252 g/mol. The molecule has 1 N–H and O–H groups in total. The average molecular weight is 252 g/mol. The van der Waals surface area contributed by atoms with Crippen molar-refractivity contribution >= 4 is 11.8 Å². The van der Waals surface area contributed by atoms with E-state index in [-0.39, 0.29) is 29.4 Å². The predicted octanol–water partition coefficient (Wildman–Crippen LogP) is 0.292. The number of hydrogen-bond donors (Lipinski definition) is 1. The van der Waals surface area contributed by atoms with Crippen LogP contribution in [0.2, 0.25) is 0 Å². The van der Waals surface area contributed by atoms with Gasteiger partial charge in [0.2, 0.25) is 11.8 Å². The maximum absolute atomic E-state index is 12.6. The van der Waals surface area contributed by atoms with Gasteiger partial charge in [-0.05, 0) is 12.8 Å². The van der Waals surface area contributed by atoms with Crippen molar-refractivity contribution in [3.8, 4) is 0 Å². The number of amides is 2. The Labute approximate surface area is 107 Å². The molecule has 3 aliphatic rings. The molecule has 100 valence electrons. The van der Waals surface area contributed by atoms with Gasteiger partial charge in [-0.3, -0.25) is 14.5 Å². The van der Waals surface area contributed by atoms with E-state index in [1.807, 2.05) is 0 Å². The maximum Gasteiger partial charge on any atom is 0.236 e. The Bertz CT molecular complexity index is 376. The van der Waals surface area contributed by atoms with Gasteiger partial charge in [0.25, 0.3) is 0 Å². The summed E-state index contributed by atoms with van der Waals surface area (Å²) < 4.78 is 5.38. The number of nitrogens with one attached hydrogen (secondary N) is 1. The molecule has 0 aromatic carbocycles. The molecule has 2 aliphatic heterocycles. The molecule has 5 heteroatoms. The lowest BCUT2D eigenvalue weighted by Gasteiger charge is -2.28. The largest absolute Gasteiger partial charge is 0.378 e. The van der Waals surface area contributed by atoms with Crippen LogP contribution in [0.5, 0.6) is 0 Å². The van der Waals surface area contributed by atoms with Gasteiger partial charge in [-0.1, -0.05) is 12.8 Å². The Balaban J connectivity index is 1.84. The van der Waals surface area contributed by atoms with Gasteiger partial charge < -0.3 is 10.1 Å². The zero-order valence-electron chi connectivity index (χ0n) is 10.8. The van der Waals surface area contributed by atoms with Gasteiger partial charge in [0.1, 0.15) is 0 Å². The highest BCUT2D eigenvalue weighted by atomic mass is 16.5. The SMILES string of the molecule is CO[C@H]1CNCC1N1C(=O)CC2(CCCC2)C1=O. The highest BCUT2D eigenvalue weighted by molar-refractivity contribution is 6.06. The quantitative estimate of drug-likeness (QED) is 0.718. The fourth-order valence-corrected chi connectivity index (χ4v) is 3.74. The second kappa shape index (κ2) is 4.31. The Hall–Kier alpha value is -0.940. The van der Waals surface area contributed by atoms with Crippen molar-refractivity contribution < 1.29 is 14.3 Å². The molecule has 0 aromatic heterocycles. The molecule has 3 fully saturated rings. The molecule has 0 radical (unpaired) electrons. The second-order valence-electron chi connectivity index (χ2n) is 5.73. The Kier molecular flexibility index (Phi) is 2.90. The minimum Gasteiger partial charge on any atom is -0.378 e. The fourth-order valence-electron chi connectivity index (χ4n) is 3.74. The molecule has 0 aromatic rings. The van der Waals surface area contributed by atoms with E-state index in [4.69, 9.17) is 4.74 Å². The van der Waals surface area contributed by atoms with Crippen LogP contribution in [0.25, 0.3) is 0 Å². The van der Waals surface area contributed by atoms with Crippen molar-refractivity contribution in [2.75, 3.05) is 20.2 Å². The van der Waals surface area contributed by atoms with Crippen LogP contribution in [0, 0.1) is 5.41 Å². The van der Waals surface area contributed by atoms with Crippen LogP contribution in [0.1, 0.15) is 32.1 Å². The average Bonchev–Trinajstić information content (AvgIpc) is 3.02. The lowest BCUT2D eigenvalue weighted by Crippen LogP contribution is -2.48. The van der Waals surface area contributed by atoms with E-state index in [1.165, 1.54) is 4.90 Å². The first kappa shape index (κ1) is 12.1. The smallest absolute Gasteiger partial charge is 0.236 e. The van der Waals surface area contributed by atoms with Crippen LogP contribution in [0.4, 0.5) is 0 Å². The summed E-state index contributed by atoms with van der Waals surface area (Å²) in [7, 11) is 1.64. The van der Waals surface area contributed by atoms with E-state index in [0.717, 1.165) is 25.7 Å². The number of nitrogens with zero attached hydrogens (tertiary/aromatic N) is 1. The molecular weight excluding hydrogens is 232 g/mol. The van der Waals surface area contributed by atoms with Crippen LogP contribution in [-0.4, -0.2) is 49.1 Å². The third-order valence-electron chi connectivity index (χ3n) is 4.75. The third kappa shape index (κ3) is 1.61. The van der Waals surface area contributed by atoms with Gasteiger partial charge >= 0.3 is 0 Å². The van der Waals surface area contributed by atoms with E-state index >= 15 is 0 Å². The summed E-state index contributed by atoms with van der Waals surface area (Å²) >= 11 is 0. The molecule has 2 saturated heterocycles. The topological polar surface area (TPSA) is 58.6 Å². The zero-order valence-corrected chi connectivity index (χ0v) is 10.8. The Morgan fingerprint density at radius 2 is 2.00 bits per heavy atom. The second-order valence-corrected chi connectivity index (χ2v) is 5.73. The first-order chi connectivity index (χ1) is 8.68. The van der Waals surface area contributed by atoms with Gasteiger partial charge in [-0.2, -0.15) is 0 Å². The first-order valence-corrected chi connectivity index (χ1v) is 6.78. The minimum absolute atomic E-state index is 0.00218. The summed E-state index contributed by atoms with van der Waals surface area (Å²) in [6.07, 6.45) is 4.26. The lowest BCUT2D eigenvalue weighted by atomic mass is 9.84.